The van der Waals surface area contributed by atoms with Crippen molar-refractivity contribution in [1.82, 2.24) is 9.88 Å². The van der Waals surface area contributed by atoms with E-state index in [0.29, 0.717) is 5.56 Å². The molecule has 1 aromatic carbocycles. The van der Waals surface area contributed by atoms with Crippen LogP contribution < -0.4 is 5.56 Å². The summed E-state index contributed by atoms with van der Waals surface area (Å²) in [5.74, 6) is -2.41. The Kier molecular flexibility index (Phi) is 4.16. The highest BCUT2D eigenvalue weighted by Crippen LogP contribution is 2.21. The zero-order valence-corrected chi connectivity index (χ0v) is 11.6. The van der Waals surface area contributed by atoms with E-state index in [1.165, 1.54) is 30.3 Å². The number of H-pyrrole nitrogens is 1. The molecule has 0 radical (unpaired) electrons. The van der Waals surface area contributed by atoms with Gasteiger partial charge < -0.3 is 9.88 Å². The third kappa shape index (κ3) is 2.99. The van der Waals surface area contributed by atoms with Crippen molar-refractivity contribution < 1.29 is 13.6 Å². The van der Waals surface area contributed by atoms with Crippen molar-refractivity contribution in [3.05, 3.63) is 69.6 Å². The summed E-state index contributed by atoms with van der Waals surface area (Å²) < 4.78 is 26.2. The molecule has 6 heteroatoms. The summed E-state index contributed by atoms with van der Waals surface area (Å²) in [5.41, 5.74) is -0.0571. The monoisotopic (exact) mass is 292 g/mol. The van der Waals surface area contributed by atoms with Gasteiger partial charge in [-0.3, -0.25) is 9.59 Å². The van der Waals surface area contributed by atoms with Gasteiger partial charge in [0.2, 0.25) is 0 Å². The molecule has 1 amide bonds. The molecule has 0 saturated carbocycles. The topological polar surface area (TPSA) is 53.2 Å². The first-order valence-electron chi connectivity index (χ1n) is 6.31. The van der Waals surface area contributed by atoms with Crippen LogP contribution in [0, 0.1) is 11.6 Å². The second kappa shape index (κ2) is 5.87. The lowest BCUT2D eigenvalue weighted by atomic mass is 10.1. The van der Waals surface area contributed by atoms with Crippen LogP contribution in [0.15, 0.2) is 41.3 Å². The van der Waals surface area contributed by atoms with Gasteiger partial charge in [-0.2, -0.15) is 0 Å². The maximum atomic E-state index is 13.3. The first-order valence-corrected chi connectivity index (χ1v) is 6.31. The van der Waals surface area contributed by atoms with Crippen LogP contribution in [0.4, 0.5) is 8.78 Å². The number of carbonyl (C=O) groups excluding carboxylic acids is 1. The second-order valence-corrected chi connectivity index (χ2v) is 4.68. The van der Waals surface area contributed by atoms with E-state index in [1.807, 2.05) is 0 Å². The minimum atomic E-state index is -0.974. The first kappa shape index (κ1) is 14.9. The van der Waals surface area contributed by atoms with E-state index in [2.05, 4.69) is 4.98 Å². The fraction of sp³-hybridized carbons (Fsp3) is 0.200. The predicted octanol–water partition coefficient (Wildman–Crippen LogP) is 2.49. The zero-order valence-electron chi connectivity index (χ0n) is 11.6. The molecule has 21 heavy (non-hydrogen) atoms. The van der Waals surface area contributed by atoms with E-state index >= 15 is 0 Å². The van der Waals surface area contributed by atoms with E-state index in [1.54, 1.807) is 13.0 Å². The molecule has 1 heterocycles. The highest BCUT2D eigenvalue weighted by Gasteiger charge is 2.21. The number of hydrogen-bond donors (Lipinski definition) is 1. The van der Waals surface area contributed by atoms with Crippen molar-refractivity contribution in [2.75, 3.05) is 7.05 Å². The lowest BCUT2D eigenvalue weighted by molar-refractivity contribution is 0.0740. The molecule has 0 fully saturated rings. The molecule has 2 aromatic rings. The Morgan fingerprint density at radius 1 is 1.24 bits per heavy atom. The van der Waals surface area contributed by atoms with E-state index in [0.717, 1.165) is 12.1 Å². The van der Waals surface area contributed by atoms with Crippen molar-refractivity contribution in [2.45, 2.75) is 13.0 Å². The Labute approximate surface area is 120 Å². The molecule has 2 rings (SSSR count). The van der Waals surface area contributed by atoms with Crippen molar-refractivity contribution in [3.63, 3.8) is 0 Å². The van der Waals surface area contributed by atoms with Gasteiger partial charge in [-0.15, -0.1) is 0 Å². The number of aromatic nitrogens is 1. The number of carbonyl (C=O) groups is 1. The second-order valence-electron chi connectivity index (χ2n) is 4.68. The minimum Gasteiger partial charge on any atom is -0.335 e. The fourth-order valence-corrected chi connectivity index (χ4v) is 1.95. The lowest BCUT2D eigenvalue weighted by Gasteiger charge is -2.25. The van der Waals surface area contributed by atoms with Crippen LogP contribution in [0.25, 0.3) is 0 Å². The third-order valence-corrected chi connectivity index (χ3v) is 3.38. The number of hydrogen-bond acceptors (Lipinski definition) is 2. The molecule has 1 unspecified atom stereocenters. The molecule has 1 atom stereocenters. The molecule has 0 spiro atoms. The van der Waals surface area contributed by atoms with Crippen molar-refractivity contribution in [2.24, 2.45) is 0 Å². The lowest BCUT2D eigenvalue weighted by Crippen LogP contribution is -2.33. The molecule has 1 N–H and O–H groups in total. The summed E-state index contributed by atoms with van der Waals surface area (Å²) >= 11 is 0. The zero-order chi connectivity index (χ0) is 15.6. The van der Waals surface area contributed by atoms with Crippen LogP contribution in [0.2, 0.25) is 0 Å². The maximum absolute atomic E-state index is 13.3. The van der Waals surface area contributed by atoms with Crippen LogP contribution in [0.5, 0.6) is 0 Å². The molecule has 0 bridgehead atoms. The average molecular weight is 292 g/mol. The van der Waals surface area contributed by atoms with Crippen LogP contribution in [0.1, 0.15) is 28.9 Å². The smallest absolute Gasteiger partial charge is 0.260 e. The molecule has 0 aliphatic carbocycles. The molecule has 1 aromatic heterocycles. The standard InChI is InChI=1S/C15H14F2N2O2/c1-9(10-5-6-12(16)13(17)8-10)19(2)15(21)11-4-3-7-18-14(11)20/h3-9H,1-2H3,(H,18,20). The van der Waals surface area contributed by atoms with Gasteiger partial charge in [0.1, 0.15) is 5.56 Å². The number of halogens is 2. The van der Waals surface area contributed by atoms with Crippen LogP contribution in [0.3, 0.4) is 0 Å². The number of rotatable bonds is 3. The number of nitrogens with one attached hydrogen (secondary N) is 1. The number of pyridine rings is 1. The van der Waals surface area contributed by atoms with Crippen molar-refractivity contribution in [3.8, 4) is 0 Å². The Hall–Kier alpha value is -2.50. The number of aromatic amines is 1. The molecular formula is C15H14F2N2O2. The predicted molar refractivity (Wildman–Crippen MR) is 73.9 cm³/mol. The summed E-state index contributed by atoms with van der Waals surface area (Å²) in [7, 11) is 1.50. The Morgan fingerprint density at radius 2 is 1.95 bits per heavy atom. The van der Waals surface area contributed by atoms with Gasteiger partial charge in [0, 0.05) is 13.2 Å². The number of benzene rings is 1. The van der Waals surface area contributed by atoms with Gasteiger partial charge in [0.25, 0.3) is 11.5 Å². The van der Waals surface area contributed by atoms with E-state index < -0.39 is 29.1 Å². The van der Waals surface area contributed by atoms with Crippen molar-refractivity contribution in [1.29, 1.82) is 0 Å². The van der Waals surface area contributed by atoms with Crippen LogP contribution in [-0.4, -0.2) is 22.8 Å². The summed E-state index contributed by atoms with van der Waals surface area (Å²) in [4.78, 5) is 27.6. The Morgan fingerprint density at radius 3 is 2.57 bits per heavy atom. The summed E-state index contributed by atoms with van der Waals surface area (Å²) in [6.45, 7) is 1.67. The quantitative estimate of drug-likeness (QED) is 0.945. The Bertz CT molecular complexity index is 728. The van der Waals surface area contributed by atoms with E-state index in [9.17, 15) is 18.4 Å². The van der Waals surface area contributed by atoms with Gasteiger partial charge in [-0.1, -0.05) is 6.07 Å². The highest BCUT2D eigenvalue weighted by molar-refractivity contribution is 5.93. The Balaban J connectivity index is 2.28. The van der Waals surface area contributed by atoms with E-state index in [-0.39, 0.29) is 5.56 Å². The summed E-state index contributed by atoms with van der Waals surface area (Å²) in [6.07, 6.45) is 1.43. The summed E-state index contributed by atoms with van der Waals surface area (Å²) in [6, 6.07) is 5.91. The number of nitrogens with zero attached hydrogens (tertiary/aromatic N) is 1. The SMILES string of the molecule is CC(c1ccc(F)c(F)c1)N(C)C(=O)c1ccc[nH]c1=O. The van der Waals surface area contributed by atoms with Crippen LogP contribution in [-0.2, 0) is 0 Å². The van der Waals surface area contributed by atoms with Gasteiger partial charge in [-0.25, -0.2) is 8.78 Å². The minimum absolute atomic E-state index is 0.00515. The number of amides is 1. The highest BCUT2D eigenvalue weighted by atomic mass is 19.2. The largest absolute Gasteiger partial charge is 0.335 e. The van der Waals surface area contributed by atoms with Gasteiger partial charge in [-0.05, 0) is 36.8 Å². The fourth-order valence-electron chi connectivity index (χ4n) is 1.95. The maximum Gasteiger partial charge on any atom is 0.260 e. The molecule has 0 aliphatic rings. The molecule has 4 nitrogen and oxygen atoms in total. The first-order chi connectivity index (χ1) is 9.91. The normalized spacial score (nSPS) is 12.0. The third-order valence-electron chi connectivity index (χ3n) is 3.38. The summed E-state index contributed by atoms with van der Waals surface area (Å²) in [5, 5.41) is 0. The van der Waals surface area contributed by atoms with Gasteiger partial charge in [0.15, 0.2) is 11.6 Å². The van der Waals surface area contributed by atoms with Gasteiger partial charge >= 0.3 is 0 Å². The van der Waals surface area contributed by atoms with Crippen LogP contribution >= 0.6 is 0 Å². The van der Waals surface area contributed by atoms with E-state index in [4.69, 9.17) is 0 Å². The van der Waals surface area contributed by atoms with Crippen molar-refractivity contribution >= 4 is 5.91 Å². The molecular weight excluding hydrogens is 278 g/mol. The molecule has 0 aliphatic heterocycles. The molecule has 0 saturated heterocycles. The molecule has 110 valence electrons. The van der Waals surface area contributed by atoms with Gasteiger partial charge in [0.05, 0.1) is 6.04 Å². The average Bonchev–Trinajstić information content (AvgIpc) is 2.48.